The molecule has 21 heavy (non-hydrogen) atoms. The first-order chi connectivity index (χ1) is 9.57. The minimum Gasteiger partial charge on any atom is -0.323 e. The van der Waals surface area contributed by atoms with E-state index in [4.69, 9.17) is 11.0 Å². The predicted molar refractivity (Wildman–Crippen MR) is 72.2 cm³/mol. The number of hydrazine groups is 1. The fraction of sp³-hybridized carbons (Fsp3) is 0.250. The summed E-state index contributed by atoms with van der Waals surface area (Å²) in [4.78, 5) is 23.0. The van der Waals surface area contributed by atoms with Crippen LogP contribution in [0, 0.1) is 0 Å². The van der Waals surface area contributed by atoms with E-state index < -0.39 is 47.6 Å². The summed E-state index contributed by atoms with van der Waals surface area (Å²) in [6, 6.07) is 0.962. The molecular formula is C8H10N4O6S3. The lowest BCUT2D eigenvalue weighted by atomic mass is 10.2. The van der Waals surface area contributed by atoms with Crippen LogP contribution in [0.25, 0.3) is 0 Å². The molecule has 0 aromatic carbocycles. The van der Waals surface area contributed by atoms with E-state index >= 15 is 0 Å². The Morgan fingerprint density at radius 2 is 2.10 bits per heavy atom. The zero-order chi connectivity index (χ0) is 16.0. The lowest BCUT2D eigenvalue weighted by molar-refractivity contribution is -0.124. The third kappa shape index (κ3) is 2.77. The Kier molecular flexibility index (Phi) is 3.79. The third-order valence-electron chi connectivity index (χ3n) is 2.67. The second-order valence-corrected chi connectivity index (χ2v) is 9.27. The van der Waals surface area contributed by atoms with E-state index in [1.165, 1.54) is 0 Å². The molecule has 116 valence electrons. The van der Waals surface area contributed by atoms with Crippen molar-refractivity contribution in [3.05, 3.63) is 6.07 Å². The Morgan fingerprint density at radius 1 is 1.48 bits per heavy atom. The molecule has 1 aliphatic rings. The number of sulfonamides is 1. The normalized spacial score (nSPS) is 20.5. The van der Waals surface area contributed by atoms with Crippen LogP contribution in [-0.2, 0) is 29.4 Å². The molecule has 1 aromatic heterocycles. The van der Waals surface area contributed by atoms with Gasteiger partial charge in [0.2, 0.25) is 31.7 Å². The van der Waals surface area contributed by atoms with Crippen molar-refractivity contribution in [3.63, 3.8) is 0 Å². The molecule has 13 heteroatoms. The Bertz CT molecular complexity index is 824. The monoisotopic (exact) mass is 354 g/mol. The maximum atomic E-state index is 12.3. The number of rotatable bonds is 3. The van der Waals surface area contributed by atoms with Gasteiger partial charge in [-0.1, -0.05) is 0 Å². The van der Waals surface area contributed by atoms with Gasteiger partial charge in [0.25, 0.3) is 0 Å². The summed E-state index contributed by atoms with van der Waals surface area (Å²) >= 11 is 0.411. The molecular weight excluding hydrogens is 344 g/mol. The van der Waals surface area contributed by atoms with Gasteiger partial charge in [0.15, 0.2) is 5.25 Å². The van der Waals surface area contributed by atoms with Crippen LogP contribution in [0.4, 0.5) is 5.69 Å². The number of primary sulfonamides is 1. The van der Waals surface area contributed by atoms with E-state index in [0.717, 1.165) is 6.07 Å². The largest absolute Gasteiger partial charge is 0.323 e. The fourth-order valence-corrected chi connectivity index (χ4v) is 5.91. The van der Waals surface area contributed by atoms with Gasteiger partial charge in [-0.2, -0.15) is 0 Å². The van der Waals surface area contributed by atoms with Crippen molar-refractivity contribution in [3.8, 4) is 0 Å². The number of carbonyl (C=O) groups is 2. The summed E-state index contributed by atoms with van der Waals surface area (Å²) in [5, 5.41) is 5.48. The molecule has 0 saturated carbocycles. The van der Waals surface area contributed by atoms with Crippen LogP contribution in [0.5, 0.6) is 0 Å². The van der Waals surface area contributed by atoms with Gasteiger partial charge in [-0.3, -0.25) is 15.0 Å². The van der Waals surface area contributed by atoms with Gasteiger partial charge < -0.3 is 5.32 Å². The third-order valence-corrected chi connectivity index (χ3v) is 7.83. The van der Waals surface area contributed by atoms with Crippen LogP contribution < -0.4 is 21.7 Å². The van der Waals surface area contributed by atoms with Gasteiger partial charge in [-0.25, -0.2) is 27.8 Å². The SMILES string of the molecule is NNC(=O)CC1C(=O)Nc2cc(S(N)(=O)=O)sc2S1(=O)=O. The Morgan fingerprint density at radius 3 is 2.62 bits per heavy atom. The molecule has 2 amide bonds. The lowest BCUT2D eigenvalue weighted by Crippen LogP contribution is -2.43. The Labute approximate surface area is 123 Å². The first-order valence-corrected chi connectivity index (χ1v) is 9.19. The summed E-state index contributed by atoms with van der Waals surface area (Å²) in [6.07, 6.45) is -0.674. The summed E-state index contributed by atoms with van der Waals surface area (Å²) in [5.74, 6) is 3.08. The van der Waals surface area contributed by atoms with Crippen molar-refractivity contribution >= 4 is 48.7 Å². The van der Waals surface area contributed by atoms with Crippen LogP contribution in [0.2, 0.25) is 0 Å². The van der Waals surface area contributed by atoms with E-state index in [2.05, 4.69) is 5.32 Å². The Hall–Kier alpha value is -1.54. The molecule has 0 bridgehead atoms. The van der Waals surface area contributed by atoms with E-state index in [0.29, 0.717) is 11.3 Å². The molecule has 6 N–H and O–H groups in total. The summed E-state index contributed by atoms with van der Waals surface area (Å²) in [6.45, 7) is 0. The number of nitrogens with one attached hydrogen (secondary N) is 2. The standard InChI is InChI=1S/C8H10N4O6S3/c9-12-5(13)2-4-7(14)11-3-1-6(21(10,17)18)19-8(3)20(4,15)16/h1,4H,2,9H2,(H,11,14)(H,12,13)(H2,10,17,18). The first kappa shape index (κ1) is 15.8. The molecule has 0 aliphatic carbocycles. The molecule has 10 nitrogen and oxygen atoms in total. The van der Waals surface area contributed by atoms with Crippen molar-refractivity contribution in [2.45, 2.75) is 20.1 Å². The molecule has 0 fully saturated rings. The predicted octanol–water partition coefficient (Wildman–Crippen LogP) is -2.13. The van der Waals surface area contributed by atoms with Gasteiger partial charge in [-0.15, -0.1) is 11.3 Å². The highest BCUT2D eigenvalue weighted by Gasteiger charge is 2.43. The number of sulfone groups is 1. The number of fused-ring (bicyclic) bond motifs is 1. The fourth-order valence-electron chi connectivity index (χ4n) is 1.70. The summed E-state index contributed by atoms with van der Waals surface area (Å²) < 4.78 is 46.3. The van der Waals surface area contributed by atoms with E-state index in [1.54, 1.807) is 5.43 Å². The molecule has 1 aliphatic heterocycles. The second kappa shape index (κ2) is 5.03. The van der Waals surface area contributed by atoms with Gasteiger partial charge in [0, 0.05) is 0 Å². The maximum Gasteiger partial charge on any atom is 0.247 e. The van der Waals surface area contributed by atoms with Gasteiger partial charge >= 0.3 is 0 Å². The van der Waals surface area contributed by atoms with Crippen LogP contribution in [0.3, 0.4) is 0 Å². The quantitative estimate of drug-likeness (QED) is 0.272. The number of carbonyl (C=O) groups excluding carboxylic acids is 2. The molecule has 0 spiro atoms. The van der Waals surface area contributed by atoms with E-state index in [1.807, 2.05) is 0 Å². The van der Waals surface area contributed by atoms with Crippen LogP contribution in [0.1, 0.15) is 6.42 Å². The lowest BCUT2D eigenvalue weighted by Gasteiger charge is -2.21. The van der Waals surface area contributed by atoms with Crippen LogP contribution in [0.15, 0.2) is 14.5 Å². The molecule has 0 radical (unpaired) electrons. The highest BCUT2D eigenvalue weighted by Crippen LogP contribution is 2.39. The molecule has 1 unspecified atom stereocenters. The van der Waals surface area contributed by atoms with Gasteiger partial charge in [0.1, 0.15) is 8.42 Å². The average Bonchev–Trinajstić information content (AvgIpc) is 2.78. The maximum absolute atomic E-state index is 12.3. The molecule has 2 rings (SSSR count). The minimum absolute atomic E-state index is 0.168. The molecule has 0 saturated heterocycles. The van der Waals surface area contributed by atoms with Crippen LogP contribution in [-0.4, -0.2) is 33.9 Å². The Balaban J connectivity index is 2.54. The average molecular weight is 354 g/mol. The minimum atomic E-state index is -4.21. The highest BCUT2D eigenvalue weighted by atomic mass is 32.3. The van der Waals surface area contributed by atoms with E-state index in [-0.39, 0.29) is 9.90 Å². The van der Waals surface area contributed by atoms with Gasteiger partial charge in [-0.05, 0) is 6.07 Å². The molecule has 1 atom stereocenters. The number of nitrogens with two attached hydrogens (primary N) is 2. The van der Waals surface area contributed by atoms with Crippen molar-refractivity contribution in [2.75, 3.05) is 5.32 Å². The number of amides is 2. The summed E-state index contributed by atoms with van der Waals surface area (Å²) in [5.41, 5.74) is 1.56. The topological polar surface area (TPSA) is 179 Å². The van der Waals surface area contributed by atoms with Crippen molar-refractivity contribution in [2.24, 2.45) is 11.0 Å². The van der Waals surface area contributed by atoms with Crippen molar-refractivity contribution in [1.82, 2.24) is 5.43 Å². The van der Waals surface area contributed by atoms with Crippen molar-refractivity contribution < 1.29 is 26.4 Å². The smallest absolute Gasteiger partial charge is 0.247 e. The zero-order valence-electron chi connectivity index (χ0n) is 10.2. The molecule has 2 heterocycles. The number of hydrogen-bond acceptors (Lipinski definition) is 8. The van der Waals surface area contributed by atoms with Crippen molar-refractivity contribution in [1.29, 1.82) is 0 Å². The van der Waals surface area contributed by atoms with Gasteiger partial charge in [0.05, 0.1) is 12.1 Å². The second-order valence-electron chi connectivity index (χ2n) is 4.11. The molecule has 1 aromatic rings. The first-order valence-electron chi connectivity index (χ1n) is 5.28. The number of anilines is 1. The van der Waals surface area contributed by atoms with E-state index in [9.17, 15) is 26.4 Å². The summed E-state index contributed by atoms with van der Waals surface area (Å²) in [7, 11) is -8.31. The highest BCUT2D eigenvalue weighted by molar-refractivity contribution is 7.96. The number of thiophene rings is 1. The number of hydrogen-bond donors (Lipinski definition) is 4. The zero-order valence-corrected chi connectivity index (χ0v) is 12.6. The van der Waals surface area contributed by atoms with Crippen LogP contribution >= 0.6 is 11.3 Å².